The summed E-state index contributed by atoms with van der Waals surface area (Å²) < 4.78 is 25.7. The molecule has 4 aromatic carbocycles. The third-order valence-corrected chi connectivity index (χ3v) is 17.2. The molecule has 0 amide bonds. The normalized spacial score (nSPS) is 11.9. The van der Waals surface area contributed by atoms with Crippen LogP contribution in [0.1, 0.15) is 59.3 Å². The van der Waals surface area contributed by atoms with Gasteiger partial charge in [-0.2, -0.15) is 0 Å². The molecule has 0 bridgehead atoms. The number of nitrogens with zero attached hydrogens (tertiary/aromatic N) is 4. The molecule has 0 aliphatic carbocycles. The number of thiophene rings is 2. The minimum atomic E-state index is -2.68. The van der Waals surface area contributed by atoms with Gasteiger partial charge >= 0.3 is 8.80 Å². The summed E-state index contributed by atoms with van der Waals surface area (Å²) in [7, 11) is -2.68. The van der Waals surface area contributed by atoms with Gasteiger partial charge in [-0.1, -0.05) is 84.9 Å². The van der Waals surface area contributed by atoms with Gasteiger partial charge in [0, 0.05) is 83.0 Å². The van der Waals surface area contributed by atoms with Crippen LogP contribution in [0, 0.1) is 0 Å². The van der Waals surface area contributed by atoms with E-state index in [-0.39, 0.29) is 0 Å². The van der Waals surface area contributed by atoms with Crippen molar-refractivity contribution in [3.63, 3.8) is 0 Å². The molecule has 0 N–H and O–H groups in total. The molecule has 0 fully saturated rings. The Balaban J connectivity index is 0.964. The zero-order chi connectivity index (χ0) is 44.6. The molecule has 330 valence electrons. The lowest BCUT2D eigenvalue weighted by Crippen LogP contribution is -2.45. The van der Waals surface area contributed by atoms with Gasteiger partial charge in [-0.05, 0) is 107 Å². The Kier molecular flexibility index (Phi) is 14.1. The minimum Gasteiger partial charge on any atom is -0.374 e. The molecule has 0 spiro atoms. The molecular weight excluding hydrogens is 865 g/mol. The molecule has 0 saturated carbocycles. The fourth-order valence-electron chi connectivity index (χ4n) is 8.73. The summed E-state index contributed by atoms with van der Waals surface area (Å²) in [5, 5.41) is 13.9. The number of benzene rings is 4. The minimum absolute atomic E-state index is 0.307. The number of ketones is 1. The van der Waals surface area contributed by atoms with Crippen molar-refractivity contribution in [1.82, 2.24) is 15.3 Å². The summed E-state index contributed by atoms with van der Waals surface area (Å²) in [5.74, 6) is 0.307. The second-order valence-electron chi connectivity index (χ2n) is 16.0. The van der Waals surface area contributed by atoms with Gasteiger partial charge in [-0.3, -0.25) is 4.79 Å². The van der Waals surface area contributed by atoms with E-state index in [4.69, 9.17) is 22.9 Å². The smallest absolute Gasteiger partial charge is 0.374 e. The van der Waals surface area contributed by atoms with E-state index >= 15 is 0 Å². The molecule has 9 aromatic rings. The summed E-state index contributed by atoms with van der Waals surface area (Å²) >= 11 is 3.42. The number of carbonyl (C=O) groups excluding carboxylic acids is 1. The third-order valence-electron chi connectivity index (χ3n) is 11.8. The van der Waals surface area contributed by atoms with Gasteiger partial charge in [-0.25, -0.2) is 14.2 Å². The van der Waals surface area contributed by atoms with Crippen LogP contribution >= 0.6 is 22.7 Å². The molecule has 0 aliphatic heterocycles. The summed E-state index contributed by atoms with van der Waals surface area (Å²) in [4.78, 5) is 22.7. The Hall–Kier alpha value is -5.73. The molecule has 0 aliphatic rings. The van der Waals surface area contributed by atoms with Gasteiger partial charge in [0.15, 0.2) is 17.9 Å². The van der Waals surface area contributed by atoms with Crippen LogP contribution in [0.15, 0.2) is 138 Å². The molecule has 9 rings (SSSR count). The number of hydrogen-bond donors (Lipinski definition) is 0. The Morgan fingerprint density at radius 3 is 1.75 bits per heavy atom. The number of hydrogen-bond acceptors (Lipinski definition) is 10. The van der Waals surface area contributed by atoms with Crippen LogP contribution < -0.4 is 4.57 Å². The summed E-state index contributed by atoms with van der Waals surface area (Å²) in [5.41, 5.74) is 7.10. The summed E-state index contributed by atoms with van der Waals surface area (Å²) in [6.07, 6.45) is 8.79. The number of aromatic nitrogens is 4. The van der Waals surface area contributed by atoms with Gasteiger partial charge in [-0.15, -0.1) is 22.7 Å². The van der Waals surface area contributed by atoms with Crippen molar-refractivity contribution in [3.05, 3.63) is 134 Å². The maximum Gasteiger partial charge on any atom is 0.500 e. The SMILES string of the molecule is CCO[Si](CCCCC(=O)CCCC[n+]1ccc(-c2nc(-c3ccc(-c4cccc5ccccc45)s3)c3nonc3c2-c2ccc(-c3cccc4ccccc34)s2)cc1)(OCC)OCC. The zero-order valence-electron chi connectivity index (χ0n) is 37.1. The first kappa shape index (κ1) is 44.5. The van der Waals surface area contributed by atoms with E-state index in [0.29, 0.717) is 49.5 Å². The van der Waals surface area contributed by atoms with Crippen LogP contribution in [0.3, 0.4) is 0 Å². The van der Waals surface area contributed by atoms with Crippen LogP contribution in [-0.2, 0) is 24.6 Å². The third kappa shape index (κ3) is 9.79. The van der Waals surface area contributed by atoms with Crippen molar-refractivity contribution in [2.75, 3.05) is 19.8 Å². The van der Waals surface area contributed by atoms with E-state index in [1.807, 2.05) is 20.8 Å². The molecular formula is C53H53N4O5S2Si+. The van der Waals surface area contributed by atoms with Crippen LogP contribution in [0.2, 0.25) is 6.04 Å². The zero-order valence-corrected chi connectivity index (χ0v) is 39.8. The van der Waals surface area contributed by atoms with Gasteiger partial charge < -0.3 is 13.3 Å². The predicted molar refractivity (Wildman–Crippen MR) is 266 cm³/mol. The number of pyridine rings is 2. The quantitative estimate of drug-likeness (QED) is 0.0399. The lowest BCUT2D eigenvalue weighted by molar-refractivity contribution is -0.697. The predicted octanol–water partition coefficient (Wildman–Crippen LogP) is 13.6. The molecule has 12 heteroatoms. The number of carbonyl (C=O) groups is 1. The molecule has 65 heavy (non-hydrogen) atoms. The van der Waals surface area contributed by atoms with Crippen LogP contribution in [0.5, 0.6) is 0 Å². The van der Waals surface area contributed by atoms with Crippen LogP contribution in [-0.4, -0.2) is 49.7 Å². The second kappa shape index (κ2) is 20.6. The van der Waals surface area contributed by atoms with Crippen molar-refractivity contribution in [1.29, 1.82) is 0 Å². The standard InChI is InChI=1S/C53H53N4O5S2Si/c1-4-59-65(60-5-2,61-6-3)36-14-12-22-40(58)21-11-13-33-57-34-31-39(32-35-57)50-49(47-29-27-45(63-47)43-25-15-19-37-17-7-9-23-41(37)43)52-53(56-62-55-52)51(54-50)48-30-28-46(64-48)44-26-16-20-38-18-8-10-24-42(38)44/h7-10,15-20,23-32,34-35H,4-6,11-14,21-22,33,36H2,1-3H3/q+1. The maximum absolute atomic E-state index is 12.9. The number of fused-ring (bicyclic) bond motifs is 3. The lowest BCUT2D eigenvalue weighted by Gasteiger charge is -2.28. The highest BCUT2D eigenvalue weighted by atomic mass is 32.1. The van der Waals surface area contributed by atoms with Crippen molar-refractivity contribution < 1.29 is 27.3 Å². The van der Waals surface area contributed by atoms with Crippen molar-refractivity contribution in [2.24, 2.45) is 0 Å². The Morgan fingerprint density at radius 2 is 1.12 bits per heavy atom. The van der Waals surface area contributed by atoms with Crippen molar-refractivity contribution in [3.8, 4) is 53.2 Å². The average molecular weight is 918 g/mol. The van der Waals surface area contributed by atoms with E-state index in [1.165, 1.54) is 32.7 Å². The van der Waals surface area contributed by atoms with E-state index in [1.54, 1.807) is 22.7 Å². The molecule has 0 saturated heterocycles. The van der Waals surface area contributed by atoms with E-state index in [0.717, 1.165) is 80.3 Å². The number of Topliss-reactive ketones (excluding diaryl/α,β-unsaturated/α-hetero) is 1. The maximum atomic E-state index is 12.9. The van der Waals surface area contributed by atoms with E-state index < -0.39 is 8.80 Å². The Morgan fingerprint density at radius 1 is 0.585 bits per heavy atom. The van der Waals surface area contributed by atoms with Gasteiger partial charge in [0.05, 0.1) is 10.6 Å². The Bertz CT molecular complexity index is 3020. The molecule has 0 radical (unpaired) electrons. The summed E-state index contributed by atoms with van der Waals surface area (Å²) in [6, 6.07) is 43.6. The number of aryl methyl sites for hydroxylation is 1. The van der Waals surface area contributed by atoms with Crippen LogP contribution in [0.4, 0.5) is 0 Å². The first-order valence-corrected chi connectivity index (χ1v) is 26.3. The van der Waals surface area contributed by atoms with Gasteiger partial charge in [0.2, 0.25) is 0 Å². The lowest BCUT2D eigenvalue weighted by atomic mass is 10.0. The highest BCUT2D eigenvalue weighted by molar-refractivity contribution is 7.19. The summed E-state index contributed by atoms with van der Waals surface area (Å²) in [6.45, 7) is 8.41. The Labute approximate surface area is 389 Å². The monoisotopic (exact) mass is 917 g/mol. The number of unbranched alkanes of at least 4 members (excludes halogenated alkanes) is 2. The molecule has 9 nitrogen and oxygen atoms in total. The largest absolute Gasteiger partial charge is 0.500 e. The highest BCUT2D eigenvalue weighted by Gasteiger charge is 2.39. The fraction of sp³-hybridized carbons (Fsp3) is 0.264. The molecule has 5 aromatic heterocycles. The molecule has 0 unspecified atom stereocenters. The topological polar surface area (TPSA) is 100 Å². The highest BCUT2D eigenvalue weighted by Crippen LogP contribution is 2.46. The number of rotatable bonds is 21. The van der Waals surface area contributed by atoms with Crippen molar-refractivity contribution >= 4 is 69.8 Å². The molecule has 5 heterocycles. The first-order valence-electron chi connectivity index (χ1n) is 22.7. The molecule has 0 atom stereocenters. The van der Waals surface area contributed by atoms with E-state index in [9.17, 15) is 4.79 Å². The second-order valence-corrected chi connectivity index (χ2v) is 20.9. The van der Waals surface area contributed by atoms with Crippen LogP contribution in [0.25, 0.3) is 85.7 Å². The van der Waals surface area contributed by atoms with Crippen molar-refractivity contribution in [2.45, 2.75) is 71.9 Å². The fourth-order valence-corrected chi connectivity index (χ4v) is 13.5. The van der Waals surface area contributed by atoms with E-state index in [2.05, 4.69) is 149 Å². The average Bonchev–Trinajstić information content (AvgIpc) is 4.14. The van der Waals surface area contributed by atoms with Gasteiger partial charge in [0.25, 0.3) is 0 Å². The first-order chi connectivity index (χ1) is 32.0. The van der Waals surface area contributed by atoms with Gasteiger partial charge in [0.1, 0.15) is 23.5 Å².